The van der Waals surface area contributed by atoms with Crippen LogP contribution < -0.4 is 11.1 Å². The Balaban J connectivity index is 2.45. The van der Waals surface area contributed by atoms with E-state index in [0.29, 0.717) is 13.3 Å². The van der Waals surface area contributed by atoms with Gasteiger partial charge >= 0.3 is 6.18 Å². The molecule has 1 unspecified atom stereocenters. The smallest absolute Gasteiger partial charge is 0.354 e. The first-order valence-corrected chi connectivity index (χ1v) is 4.86. The lowest BCUT2D eigenvalue weighted by Gasteiger charge is -2.26. The predicted octanol–water partition coefficient (Wildman–Crippen LogP) is 0.348. The first-order chi connectivity index (χ1) is 7.75. The van der Waals surface area contributed by atoms with Crippen molar-refractivity contribution in [2.45, 2.75) is 25.1 Å². The Labute approximate surface area is 95.6 Å². The van der Waals surface area contributed by atoms with E-state index in [2.05, 4.69) is 15.3 Å². The van der Waals surface area contributed by atoms with Crippen LogP contribution in [0.1, 0.15) is 12.6 Å². The number of hydrogen-bond donors (Lipinski definition) is 3. The molecule has 1 heterocycles. The first kappa shape index (κ1) is 13.5. The Morgan fingerprint density at radius 1 is 1.59 bits per heavy atom. The summed E-state index contributed by atoms with van der Waals surface area (Å²) < 4.78 is 37.1. The van der Waals surface area contributed by atoms with Gasteiger partial charge in [-0.2, -0.15) is 13.2 Å². The van der Waals surface area contributed by atoms with Crippen LogP contribution in [-0.4, -0.2) is 34.1 Å². The lowest BCUT2D eigenvalue weighted by Crippen LogP contribution is -2.61. The van der Waals surface area contributed by atoms with E-state index in [0.717, 1.165) is 5.69 Å². The molecule has 0 spiro atoms. The van der Waals surface area contributed by atoms with Crippen LogP contribution in [0.4, 0.5) is 13.2 Å². The number of hydrogen-bond acceptors (Lipinski definition) is 3. The average molecular weight is 250 g/mol. The third-order valence-electron chi connectivity index (χ3n) is 2.30. The van der Waals surface area contributed by atoms with Crippen LogP contribution in [0.5, 0.6) is 0 Å². The number of nitrogens with zero attached hydrogens (tertiary/aromatic N) is 1. The highest BCUT2D eigenvalue weighted by Gasteiger charge is 2.53. The summed E-state index contributed by atoms with van der Waals surface area (Å²) in [5.74, 6) is -1.25. The number of nitrogens with one attached hydrogen (secondary N) is 2. The number of H-pyrrole nitrogens is 1. The zero-order valence-electron chi connectivity index (χ0n) is 9.14. The van der Waals surface area contributed by atoms with Gasteiger partial charge in [0.1, 0.15) is 0 Å². The SMILES string of the molecule is CC(N)(C(=O)NCCc1cnc[nH]1)C(F)(F)F. The van der Waals surface area contributed by atoms with E-state index in [4.69, 9.17) is 5.73 Å². The second kappa shape index (κ2) is 4.74. The summed E-state index contributed by atoms with van der Waals surface area (Å²) in [6, 6.07) is 0. The van der Waals surface area contributed by atoms with Gasteiger partial charge in [0.25, 0.3) is 0 Å². The lowest BCUT2D eigenvalue weighted by atomic mass is 10.0. The molecular formula is C9H13F3N4O. The van der Waals surface area contributed by atoms with Crippen LogP contribution >= 0.6 is 0 Å². The molecule has 0 radical (unpaired) electrons. The molecule has 5 nitrogen and oxygen atoms in total. The van der Waals surface area contributed by atoms with E-state index in [-0.39, 0.29) is 6.54 Å². The highest BCUT2D eigenvalue weighted by molar-refractivity contribution is 5.86. The van der Waals surface area contributed by atoms with Gasteiger partial charge in [0, 0.05) is 24.9 Å². The summed E-state index contributed by atoms with van der Waals surface area (Å²) in [4.78, 5) is 17.8. The van der Waals surface area contributed by atoms with Crippen LogP contribution in [0, 0.1) is 0 Å². The van der Waals surface area contributed by atoms with Crippen molar-refractivity contribution in [3.8, 4) is 0 Å². The highest BCUT2D eigenvalue weighted by atomic mass is 19.4. The zero-order chi connectivity index (χ0) is 13.1. The maximum atomic E-state index is 12.4. The summed E-state index contributed by atoms with van der Waals surface area (Å²) in [6.45, 7) is 0.697. The molecule has 0 saturated carbocycles. The van der Waals surface area contributed by atoms with E-state index in [1.54, 1.807) is 0 Å². The number of carbonyl (C=O) groups is 1. The standard InChI is InChI=1S/C9H13F3N4O/c1-8(13,9(10,11)12)7(17)15-3-2-6-4-14-5-16-6/h4-5H,2-3,13H2,1H3,(H,14,16)(H,15,17). The monoisotopic (exact) mass is 250 g/mol. The molecule has 96 valence electrons. The summed E-state index contributed by atoms with van der Waals surface area (Å²) in [6.07, 6.45) is -1.44. The fraction of sp³-hybridized carbons (Fsp3) is 0.556. The van der Waals surface area contributed by atoms with Crippen LogP contribution in [-0.2, 0) is 11.2 Å². The number of aromatic nitrogens is 2. The molecule has 8 heteroatoms. The Morgan fingerprint density at radius 3 is 2.71 bits per heavy atom. The predicted molar refractivity (Wildman–Crippen MR) is 53.9 cm³/mol. The van der Waals surface area contributed by atoms with Crippen molar-refractivity contribution in [1.29, 1.82) is 0 Å². The Bertz CT molecular complexity index is 372. The number of imidazole rings is 1. The van der Waals surface area contributed by atoms with Crippen LogP contribution in [0.2, 0.25) is 0 Å². The number of halogens is 3. The second-order valence-corrected chi connectivity index (χ2v) is 3.78. The molecule has 1 amide bonds. The van der Waals surface area contributed by atoms with E-state index in [9.17, 15) is 18.0 Å². The first-order valence-electron chi connectivity index (χ1n) is 4.86. The molecule has 0 aliphatic heterocycles. The summed E-state index contributed by atoms with van der Waals surface area (Å²) in [7, 11) is 0. The van der Waals surface area contributed by atoms with Gasteiger partial charge < -0.3 is 16.0 Å². The van der Waals surface area contributed by atoms with Gasteiger partial charge in [0.05, 0.1) is 6.33 Å². The normalized spacial score (nSPS) is 15.4. The minimum atomic E-state index is -4.77. The zero-order valence-corrected chi connectivity index (χ0v) is 9.14. The number of alkyl halides is 3. The molecule has 0 fully saturated rings. The Hall–Kier alpha value is -1.57. The van der Waals surface area contributed by atoms with Crippen LogP contribution in [0.3, 0.4) is 0 Å². The fourth-order valence-electron chi connectivity index (χ4n) is 1.04. The summed E-state index contributed by atoms with van der Waals surface area (Å²) in [5, 5.41) is 2.14. The highest BCUT2D eigenvalue weighted by Crippen LogP contribution is 2.27. The largest absolute Gasteiger partial charge is 0.415 e. The van der Waals surface area contributed by atoms with Crippen LogP contribution in [0.15, 0.2) is 12.5 Å². The molecule has 0 aromatic carbocycles. The van der Waals surface area contributed by atoms with Gasteiger partial charge in [-0.25, -0.2) is 4.98 Å². The molecule has 4 N–H and O–H groups in total. The van der Waals surface area contributed by atoms with Gasteiger partial charge in [-0.3, -0.25) is 4.79 Å². The maximum absolute atomic E-state index is 12.4. The summed E-state index contributed by atoms with van der Waals surface area (Å²) in [5.41, 5.74) is 2.78. The van der Waals surface area contributed by atoms with Crippen molar-refractivity contribution in [2.24, 2.45) is 5.73 Å². The van der Waals surface area contributed by atoms with Crippen molar-refractivity contribution in [3.05, 3.63) is 18.2 Å². The van der Waals surface area contributed by atoms with Crippen molar-refractivity contribution in [2.75, 3.05) is 6.54 Å². The molecule has 1 rings (SSSR count). The average Bonchev–Trinajstić information content (AvgIpc) is 2.68. The van der Waals surface area contributed by atoms with E-state index in [1.165, 1.54) is 12.5 Å². The molecule has 1 aromatic heterocycles. The number of nitrogens with two attached hydrogens (primary N) is 1. The van der Waals surface area contributed by atoms with Gasteiger partial charge in [-0.15, -0.1) is 0 Å². The van der Waals surface area contributed by atoms with Gasteiger partial charge in [0.2, 0.25) is 5.91 Å². The molecule has 0 bridgehead atoms. The van der Waals surface area contributed by atoms with E-state index >= 15 is 0 Å². The molecule has 1 atom stereocenters. The van der Waals surface area contributed by atoms with E-state index in [1.807, 2.05) is 0 Å². The van der Waals surface area contributed by atoms with Gasteiger partial charge in [0.15, 0.2) is 5.54 Å². The Kier molecular flexibility index (Phi) is 3.76. The summed E-state index contributed by atoms with van der Waals surface area (Å²) >= 11 is 0. The molecular weight excluding hydrogens is 237 g/mol. The second-order valence-electron chi connectivity index (χ2n) is 3.78. The van der Waals surface area contributed by atoms with Crippen LogP contribution in [0.25, 0.3) is 0 Å². The number of rotatable bonds is 4. The lowest BCUT2D eigenvalue weighted by molar-refractivity contribution is -0.187. The topological polar surface area (TPSA) is 83.8 Å². The molecule has 17 heavy (non-hydrogen) atoms. The molecule has 0 saturated heterocycles. The number of amides is 1. The fourth-order valence-corrected chi connectivity index (χ4v) is 1.04. The van der Waals surface area contributed by atoms with Crippen molar-refractivity contribution < 1.29 is 18.0 Å². The van der Waals surface area contributed by atoms with Gasteiger partial charge in [-0.1, -0.05) is 0 Å². The third-order valence-corrected chi connectivity index (χ3v) is 2.30. The van der Waals surface area contributed by atoms with Crippen molar-refractivity contribution in [3.63, 3.8) is 0 Å². The minimum Gasteiger partial charge on any atom is -0.354 e. The minimum absolute atomic E-state index is 0.0594. The van der Waals surface area contributed by atoms with Crippen molar-refractivity contribution in [1.82, 2.24) is 15.3 Å². The van der Waals surface area contributed by atoms with Gasteiger partial charge in [-0.05, 0) is 6.92 Å². The molecule has 0 aliphatic rings. The quantitative estimate of drug-likeness (QED) is 0.720. The van der Waals surface area contributed by atoms with E-state index < -0.39 is 17.6 Å². The van der Waals surface area contributed by atoms with Crippen molar-refractivity contribution >= 4 is 5.91 Å². The molecule has 1 aromatic rings. The maximum Gasteiger partial charge on any atom is 0.415 e. The molecule has 0 aliphatic carbocycles. The number of carbonyl (C=O) groups excluding carboxylic acids is 1. The number of aromatic amines is 1. The Morgan fingerprint density at radius 2 is 2.24 bits per heavy atom. The third kappa shape index (κ3) is 3.19.